The highest BCUT2D eigenvalue weighted by molar-refractivity contribution is 6.42. The van der Waals surface area contributed by atoms with E-state index >= 15 is 0 Å². The molecule has 0 bridgehead atoms. The number of likely N-dealkylation sites (N-methyl/N-ethyl adjacent to an activating group) is 1. The summed E-state index contributed by atoms with van der Waals surface area (Å²) >= 11 is 12.3. The van der Waals surface area contributed by atoms with E-state index in [1.165, 1.54) is 17.0 Å². The Balaban J connectivity index is 1.62. The zero-order chi connectivity index (χ0) is 27.4. The number of ether oxygens (including phenoxy) is 1. The highest BCUT2D eigenvalue weighted by Crippen LogP contribution is 2.35. The number of rotatable bonds is 7. The summed E-state index contributed by atoms with van der Waals surface area (Å²) in [6.45, 7) is 6.06. The average Bonchev–Trinajstić information content (AvgIpc) is 2.90. The summed E-state index contributed by atoms with van der Waals surface area (Å²) < 4.78 is 19.5. The number of nitrogens with zero attached hydrogens (tertiary/aromatic N) is 3. The standard InChI is InChI=1S/C27H29Cl2FN4O4/c1-3-34-22(16-32-11-13-33(14-12-32)25(35)18-7-5-6-8-21(18)30)23(26(36)38-4-2)24(31-27(34)37)17-9-10-19(28)20(29)15-17/h5-10,15,24H,3-4,11-14,16H2,1-2H3,(H,31,37)/t24-/m1/s1. The van der Waals surface area contributed by atoms with Crippen LogP contribution in [-0.2, 0) is 9.53 Å². The predicted molar refractivity (Wildman–Crippen MR) is 143 cm³/mol. The summed E-state index contributed by atoms with van der Waals surface area (Å²) in [6.07, 6.45) is 0. The van der Waals surface area contributed by atoms with Crippen LogP contribution >= 0.6 is 23.2 Å². The van der Waals surface area contributed by atoms with Crippen molar-refractivity contribution < 1.29 is 23.5 Å². The second kappa shape index (κ2) is 12.1. The normalized spacial score (nSPS) is 18.4. The van der Waals surface area contributed by atoms with Gasteiger partial charge in [0.1, 0.15) is 5.82 Å². The van der Waals surface area contributed by atoms with Crippen molar-refractivity contribution in [1.29, 1.82) is 0 Å². The van der Waals surface area contributed by atoms with Crippen LogP contribution in [0.15, 0.2) is 53.7 Å². The Morgan fingerprint density at radius 2 is 1.76 bits per heavy atom. The maximum atomic E-state index is 14.1. The summed E-state index contributed by atoms with van der Waals surface area (Å²) in [7, 11) is 0. The molecule has 0 radical (unpaired) electrons. The Kier molecular flexibility index (Phi) is 8.91. The Labute approximate surface area is 230 Å². The van der Waals surface area contributed by atoms with E-state index in [2.05, 4.69) is 10.2 Å². The first-order chi connectivity index (χ1) is 18.2. The molecule has 0 spiro atoms. The fourth-order valence-electron chi connectivity index (χ4n) is 4.73. The SMILES string of the molecule is CCOC(=O)C1=C(CN2CCN(C(=O)c3ccccc3F)CC2)N(CC)C(=O)N[C@@H]1c1ccc(Cl)c(Cl)c1. The minimum Gasteiger partial charge on any atom is -0.463 e. The largest absolute Gasteiger partial charge is 0.463 e. The van der Waals surface area contributed by atoms with Gasteiger partial charge in [-0.25, -0.2) is 14.0 Å². The van der Waals surface area contributed by atoms with Crippen molar-refractivity contribution in [3.63, 3.8) is 0 Å². The van der Waals surface area contributed by atoms with Gasteiger partial charge in [-0.1, -0.05) is 41.4 Å². The van der Waals surface area contributed by atoms with Gasteiger partial charge in [0, 0.05) is 45.0 Å². The van der Waals surface area contributed by atoms with Crippen LogP contribution in [0, 0.1) is 5.82 Å². The first-order valence-corrected chi connectivity index (χ1v) is 13.2. The van der Waals surface area contributed by atoms with Gasteiger partial charge in [0.2, 0.25) is 0 Å². The van der Waals surface area contributed by atoms with Crippen LogP contribution < -0.4 is 5.32 Å². The molecule has 0 saturated carbocycles. The van der Waals surface area contributed by atoms with Crippen molar-refractivity contribution in [1.82, 2.24) is 20.0 Å². The highest BCUT2D eigenvalue weighted by atomic mass is 35.5. The summed E-state index contributed by atoms with van der Waals surface area (Å²) in [5, 5.41) is 3.56. The summed E-state index contributed by atoms with van der Waals surface area (Å²) in [4.78, 5) is 44.4. The fourth-order valence-corrected chi connectivity index (χ4v) is 5.03. The van der Waals surface area contributed by atoms with E-state index in [0.29, 0.717) is 59.6 Å². The molecule has 1 N–H and O–H groups in total. The predicted octanol–water partition coefficient (Wildman–Crippen LogP) is 4.49. The molecule has 202 valence electrons. The molecule has 3 amide bonds. The van der Waals surface area contributed by atoms with Gasteiger partial charge in [0.25, 0.3) is 5.91 Å². The molecule has 2 heterocycles. The molecular formula is C27H29Cl2FN4O4. The van der Waals surface area contributed by atoms with Crippen molar-refractivity contribution in [2.24, 2.45) is 0 Å². The summed E-state index contributed by atoms with van der Waals surface area (Å²) in [6, 6.07) is 9.75. The number of hydrogen-bond acceptors (Lipinski definition) is 5. The Hall–Kier alpha value is -3.14. The molecule has 2 aliphatic heterocycles. The van der Waals surface area contributed by atoms with Crippen LogP contribution in [0.2, 0.25) is 10.0 Å². The number of amides is 3. The molecule has 1 atom stereocenters. The zero-order valence-electron chi connectivity index (χ0n) is 21.2. The van der Waals surface area contributed by atoms with E-state index in [4.69, 9.17) is 27.9 Å². The number of urea groups is 1. The van der Waals surface area contributed by atoms with Gasteiger partial charge in [0.15, 0.2) is 0 Å². The van der Waals surface area contributed by atoms with Gasteiger partial charge in [-0.05, 0) is 43.7 Å². The van der Waals surface area contributed by atoms with Crippen LogP contribution in [0.25, 0.3) is 0 Å². The first kappa shape index (κ1) is 27.9. The number of hydrogen-bond donors (Lipinski definition) is 1. The third-order valence-electron chi connectivity index (χ3n) is 6.66. The Bertz CT molecular complexity index is 1260. The third kappa shape index (κ3) is 5.80. The molecule has 1 fully saturated rings. The average molecular weight is 563 g/mol. The van der Waals surface area contributed by atoms with Crippen LogP contribution in [0.3, 0.4) is 0 Å². The van der Waals surface area contributed by atoms with E-state index < -0.39 is 17.8 Å². The number of nitrogens with one attached hydrogen (secondary N) is 1. The number of piperazine rings is 1. The minimum atomic E-state index is -0.780. The zero-order valence-corrected chi connectivity index (χ0v) is 22.7. The second-order valence-corrected chi connectivity index (χ2v) is 9.74. The first-order valence-electron chi connectivity index (χ1n) is 12.4. The monoisotopic (exact) mass is 562 g/mol. The quantitative estimate of drug-likeness (QED) is 0.502. The smallest absolute Gasteiger partial charge is 0.338 e. The van der Waals surface area contributed by atoms with E-state index in [0.717, 1.165) is 0 Å². The van der Waals surface area contributed by atoms with Crippen molar-refractivity contribution in [2.75, 3.05) is 45.9 Å². The topological polar surface area (TPSA) is 82.2 Å². The summed E-state index contributed by atoms with van der Waals surface area (Å²) in [5.41, 5.74) is 1.49. The van der Waals surface area contributed by atoms with Crippen LogP contribution in [0.1, 0.15) is 35.8 Å². The number of carbonyl (C=O) groups excluding carboxylic acids is 3. The number of halogens is 3. The molecule has 0 unspecified atom stereocenters. The lowest BCUT2D eigenvalue weighted by molar-refractivity contribution is -0.139. The second-order valence-electron chi connectivity index (χ2n) is 8.93. The number of benzene rings is 2. The lowest BCUT2D eigenvalue weighted by atomic mass is 9.94. The van der Waals surface area contributed by atoms with Gasteiger partial charge in [0.05, 0.1) is 33.8 Å². The number of esters is 1. The Morgan fingerprint density at radius 1 is 1.05 bits per heavy atom. The maximum absolute atomic E-state index is 14.1. The van der Waals surface area contributed by atoms with Crippen molar-refractivity contribution in [3.8, 4) is 0 Å². The van der Waals surface area contributed by atoms with Gasteiger partial charge >= 0.3 is 12.0 Å². The molecule has 0 aliphatic carbocycles. The molecule has 11 heteroatoms. The van der Waals surface area contributed by atoms with Crippen molar-refractivity contribution >= 4 is 41.1 Å². The fraction of sp³-hybridized carbons (Fsp3) is 0.370. The molecule has 2 aromatic carbocycles. The van der Waals surface area contributed by atoms with Crippen molar-refractivity contribution in [3.05, 3.63) is 80.7 Å². The van der Waals surface area contributed by atoms with Gasteiger partial charge in [-0.2, -0.15) is 0 Å². The van der Waals surface area contributed by atoms with Crippen LogP contribution in [0.4, 0.5) is 9.18 Å². The molecular weight excluding hydrogens is 534 g/mol. The number of carbonyl (C=O) groups is 3. The van der Waals surface area contributed by atoms with Gasteiger partial charge < -0.3 is 15.0 Å². The maximum Gasteiger partial charge on any atom is 0.338 e. The van der Waals surface area contributed by atoms with Gasteiger partial charge in [-0.15, -0.1) is 0 Å². The lowest BCUT2D eigenvalue weighted by Crippen LogP contribution is -2.53. The molecule has 1 saturated heterocycles. The minimum absolute atomic E-state index is 0.0406. The lowest BCUT2D eigenvalue weighted by Gasteiger charge is -2.40. The molecule has 8 nitrogen and oxygen atoms in total. The van der Waals surface area contributed by atoms with Crippen molar-refractivity contribution in [2.45, 2.75) is 19.9 Å². The highest BCUT2D eigenvalue weighted by Gasteiger charge is 2.39. The molecule has 2 aliphatic rings. The van der Waals surface area contributed by atoms with E-state index in [-0.39, 0.29) is 30.7 Å². The van der Waals surface area contributed by atoms with Crippen LogP contribution in [0.5, 0.6) is 0 Å². The van der Waals surface area contributed by atoms with E-state index in [9.17, 15) is 18.8 Å². The van der Waals surface area contributed by atoms with Gasteiger partial charge in [-0.3, -0.25) is 14.6 Å². The van der Waals surface area contributed by atoms with E-state index in [1.807, 2.05) is 6.92 Å². The molecule has 38 heavy (non-hydrogen) atoms. The molecule has 4 rings (SSSR count). The summed E-state index contributed by atoms with van der Waals surface area (Å²) in [5.74, 6) is -1.45. The van der Waals surface area contributed by atoms with E-state index in [1.54, 1.807) is 42.2 Å². The molecule has 2 aromatic rings. The van der Waals surface area contributed by atoms with Crippen LogP contribution in [-0.4, -0.2) is 78.5 Å². The molecule has 0 aromatic heterocycles. The Morgan fingerprint density at radius 3 is 2.39 bits per heavy atom. The third-order valence-corrected chi connectivity index (χ3v) is 7.40.